The highest BCUT2D eigenvalue weighted by atomic mass is 19.1. The maximum absolute atomic E-state index is 13.7. The Bertz CT molecular complexity index is 526. The van der Waals surface area contributed by atoms with Crippen LogP contribution in [0.2, 0.25) is 0 Å². The van der Waals surface area contributed by atoms with Crippen LogP contribution < -0.4 is 5.32 Å². The van der Waals surface area contributed by atoms with Gasteiger partial charge in [0.15, 0.2) is 0 Å². The molecule has 1 unspecified atom stereocenters. The third-order valence-corrected chi connectivity index (χ3v) is 2.77. The molecule has 2 N–H and O–H groups in total. The van der Waals surface area contributed by atoms with Gasteiger partial charge in [-0.1, -0.05) is 19.4 Å². The zero-order chi connectivity index (χ0) is 15.1. The van der Waals surface area contributed by atoms with Gasteiger partial charge in [0.1, 0.15) is 5.82 Å². The van der Waals surface area contributed by atoms with Crippen LogP contribution >= 0.6 is 0 Å². The molecule has 5 heteroatoms. The van der Waals surface area contributed by atoms with Gasteiger partial charge < -0.3 is 10.4 Å². The smallest absolute Gasteiger partial charge is 0.328 e. The average Bonchev–Trinajstić information content (AvgIpc) is 2.37. The summed E-state index contributed by atoms with van der Waals surface area (Å²) in [6.07, 6.45) is 3.81. The first-order valence-corrected chi connectivity index (χ1v) is 6.45. The van der Waals surface area contributed by atoms with Crippen LogP contribution in [0, 0.1) is 5.82 Å². The molecule has 0 radical (unpaired) electrons. The zero-order valence-corrected chi connectivity index (χ0v) is 11.5. The maximum Gasteiger partial charge on any atom is 0.328 e. The van der Waals surface area contributed by atoms with Crippen molar-refractivity contribution in [3.63, 3.8) is 0 Å². The molecule has 1 amide bonds. The average molecular weight is 279 g/mol. The predicted molar refractivity (Wildman–Crippen MR) is 74.9 cm³/mol. The number of carbonyl (C=O) groups excluding carboxylic acids is 1. The Morgan fingerprint density at radius 2 is 2.15 bits per heavy atom. The fraction of sp³-hybridized carbons (Fsp3) is 0.333. The predicted octanol–water partition coefficient (Wildman–Crippen LogP) is 2.84. The number of halogens is 1. The van der Waals surface area contributed by atoms with Crippen LogP contribution in [0.15, 0.2) is 24.3 Å². The number of carboxylic acid groups (broad SMARTS) is 1. The normalized spacial score (nSPS) is 12.3. The van der Waals surface area contributed by atoms with E-state index in [2.05, 4.69) is 5.32 Å². The van der Waals surface area contributed by atoms with Gasteiger partial charge in [-0.3, -0.25) is 4.79 Å². The molecule has 20 heavy (non-hydrogen) atoms. The molecule has 4 nitrogen and oxygen atoms in total. The van der Waals surface area contributed by atoms with Gasteiger partial charge in [-0.15, -0.1) is 0 Å². The molecule has 0 aliphatic carbocycles. The number of amides is 1. The van der Waals surface area contributed by atoms with Crippen molar-refractivity contribution < 1.29 is 19.1 Å². The molecular weight excluding hydrogens is 261 g/mol. The van der Waals surface area contributed by atoms with E-state index in [1.54, 1.807) is 0 Å². The van der Waals surface area contributed by atoms with Gasteiger partial charge >= 0.3 is 5.97 Å². The van der Waals surface area contributed by atoms with Crippen molar-refractivity contribution in [2.75, 3.05) is 0 Å². The summed E-state index contributed by atoms with van der Waals surface area (Å²) in [5, 5.41) is 11.3. The lowest BCUT2D eigenvalue weighted by molar-refractivity contribution is -0.131. The first kappa shape index (κ1) is 15.9. The van der Waals surface area contributed by atoms with Gasteiger partial charge in [-0.2, -0.15) is 0 Å². The van der Waals surface area contributed by atoms with Crippen molar-refractivity contribution >= 4 is 18.0 Å². The molecule has 0 heterocycles. The Balaban J connectivity index is 2.81. The highest BCUT2D eigenvalue weighted by Gasteiger charge is 2.11. The first-order valence-electron chi connectivity index (χ1n) is 6.45. The van der Waals surface area contributed by atoms with E-state index >= 15 is 0 Å². The molecule has 1 rings (SSSR count). The van der Waals surface area contributed by atoms with E-state index < -0.39 is 11.8 Å². The number of carbonyl (C=O) groups is 2. The van der Waals surface area contributed by atoms with Crippen LogP contribution in [-0.2, 0) is 4.79 Å². The Hall–Kier alpha value is -2.17. The van der Waals surface area contributed by atoms with E-state index in [0.717, 1.165) is 31.1 Å². The molecule has 0 spiro atoms. The quantitative estimate of drug-likeness (QED) is 0.787. The molecule has 0 bridgehead atoms. The summed E-state index contributed by atoms with van der Waals surface area (Å²) >= 11 is 0. The molecule has 0 aliphatic heterocycles. The number of aliphatic carboxylic acids is 1. The lowest BCUT2D eigenvalue weighted by Gasteiger charge is -2.12. The molecule has 0 fully saturated rings. The summed E-state index contributed by atoms with van der Waals surface area (Å²) in [4.78, 5) is 22.2. The number of carboxylic acids is 1. The fourth-order valence-electron chi connectivity index (χ4n) is 1.78. The molecule has 1 atom stereocenters. The van der Waals surface area contributed by atoms with Gasteiger partial charge in [-0.25, -0.2) is 9.18 Å². The van der Waals surface area contributed by atoms with Crippen molar-refractivity contribution in [2.45, 2.75) is 32.7 Å². The van der Waals surface area contributed by atoms with Crippen LogP contribution in [-0.4, -0.2) is 23.0 Å². The number of rotatable bonds is 6. The molecule has 1 aromatic rings. The summed E-state index contributed by atoms with van der Waals surface area (Å²) in [6, 6.07) is 3.99. The topological polar surface area (TPSA) is 66.4 Å². The van der Waals surface area contributed by atoms with Gasteiger partial charge in [0.05, 0.1) is 0 Å². The van der Waals surface area contributed by atoms with E-state index in [9.17, 15) is 14.0 Å². The Labute approximate surface area is 117 Å². The molecule has 0 aliphatic rings. The van der Waals surface area contributed by atoms with Crippen LogP contribution in [0.25, 0.3) is 6.08 Å². The first-order chi connectivity index (χ1) is 9.43. The van der Waals surface area contributed by atoms with Gasteiger partial charge in [-0.05, 0) is 31.6 Å². The van der Waals surface area contributed by atoms with Gasteiger partial charge in [0.25, 0.3) is 5.91 Å². The summed E-state index contributed by atoms with van der Waals surface area (Å²) in [7, 11) is 0. The van der Waals surface area contributed by atoms with Crippen molar-refractivity contribution in [3.8, 4) is 0 Å². The number of hydrogen-bond acceptors (Lipinski definition) is 2. The maximum atomic E-state index is 13.7. The second-order valence-electron chi connectivity index (χ2n) is 4.57. The minimum absolute atomic E-state index is 0.0298. The lowest BCUT2D eigenvalue weighted by Crippen LogP contribution is -2.32. The Morgan fingerprint density at radius 1 is 1.45 bits per heavy atom. The van der Waals surface area contributed by atoms with E-state index in [4.69, 9.17) is 5.11 Å². The van der Waals surface area contributed by atoms with E-state index in [1.165, 1.54) is 12.1 Å². The number of benzene rings is 1. The van der Waals surface area contributed by atoms with E-state index in [-0.39, 0.29) is 23.1 Å². The number of hydrogen-bond donors (Lipinski definition) is 2. The fourth-order valence-corrected chi connectivity index (χ4v) is 1.78. The van der Waals surface area contributed by atoms with Gasteiger partial charge in [0, 0.05) is 23.2 Å². The van der Waals surface area contributed by atoms with Crippen LogP contribution in [0.4, 0.5) is 4.39 Å². The molecular formula is C15H18FNO3. The number of nitrogens with one attached hydrogen (secondary N) is 1. The minimum atomic E-state index is -1.15. The third kappa shape index (κ3) is 4.84. The second kappa shape index (κ2) is 7.43. The van der Waals surface area contributed by atoms with Crippen LogP contribution in [0.3, 0.4) is 0 Å². The van der Waals surface area contributed by atoms with Crippen LogP contribution in [0.1, 0.15) is 42.6 Å². The molecule has 108 valence electrons. The highest BCUT2D eigenvalue weighted by Crippen LogP contribution is 2.12. The zero-order valence-electron chi connectivity index (χ0n) is 11.5. The second-order valence-corrected chi connectivity index (χ2v) is 4.57. The van der Waals surface area contributed by atoms with Crippen molar-refractivity contribution in [1.82, 2.24) is 5.32 Å². The Morgan fingerprint density at radius 3 is 2.70 bits per heavy atom. The van der Waals surface area contributed by atoms with E-state index in [0.29, 0.717) is 0 Å². The minimum Gasteiger partial charge on any atom is -0.478 e. The third-order valence-electron chi connectivity index (χ3n) is 2.77. The van der Waals surface area contributed by atoms with E-state index in [1.807, 2.05) is 13.8 Å². The monoisotopic (exact) mass is 279 g/mol. The van der Waals surface area contributed by atoms with Crippen LogP contribution in [0.5, 0.6) is 0 Å². The summed E-state index contributed by atoms with van der Waals surface area (Å²) in [5.74, 6) is -2.11. The van der Waals surface area contributed by atoms with Crippen molar-refractivity contribution in [1.29, 1.82) is 0 Å². The molecule has 0 aromatic heterocycles. The largest absolute Gasteiger partial charge is 0.478 e. The standard InChI is InChI=1S/C15H18FNO3/c1-3-4-10(2)17-15(20)12-6-5-11(13(16)9-12)7-8-14(18)19/h5-10H,3-4H2,1-2H3,(H,17,20)(H,18,19). The Kier molecular flexibility index (Phi) is 5.90. The van der Waals surface area contributed by atoms with Crippen molar-refractivity contribution in [3.05, 3.63) is 41.2 Å². The molecule has 1 aromatic carbocycles. The molecule has 0 saturated heterocycles. The summed E-state index contributed by atoms with van der Waals surface area (Å²) in [6.45, 7) is 3.91. The SMILES string of the molecule is CCCC(C)NC(=O)c1ccc(C=CC(=O)O)c(F)c1. The molecule has 0 saturated carbocycles. The van der Waals surface area contributed by atoms with Crippen molar-refractivity contribution in [2.24, 2.45) is 0 Å². The summed E-state index contributed by atoms with van der Waals surface area (Å²) < 4.78 is 13.7. The lowest BCUT2D eigenvalue weighted by atomic mass is 10.1. The highest BCUT2D eigenvalue weighted by molar-refractivity contribution is 5.94. The van der Waals surface area contributed by atoms with Gasteiger partial charge in [0.2, 0.25) is 0 Å². The summed E-state index contributed by atoms with van der Waals surface area (Å²) in [5.41, 5.74) is 0.350.